The van der Waals surface area contributed by atoms with Crippen LogP contribution in [0.2, 0.25) is 0 Å². The van der Waals surface area contributed by atoms with Gasteiger partial charge in [-0.25, -0.2) is 0 Å². The summed E-state index contributed by atoms with van der Waals surface area (Å²) in [6.07, 6.45) is 1.20. The van der Waals surface area contributed by atoms with E-state index in [-0.39, 0.29) is 6.04 Å². The summed E-state index contributed by atoms with van der Waals surface area (Å²) < 4.78 is 5.37. The molecule has 2 aliphatic rings. The van der Waals surface area contributed by atoms with Gasteiger partial charge in [0.2, 0.25) is 5.89 Å². The second-order valence-electron chi connectivity index (χ2n) is 5.27. The summed E-state index contributed by atoms with van der Waals surface area (Å²) in [4.78, 5) is 6.96. The number of rotatable bonds is 3. The Morgan fingerprint density at radius 1 is 1.41 bits per heavy atom. The number of piperazine rings is 1. The minimum Gasteiger partial charge on any atom is -0.339 e. The first-order valence-corrected chi connectivity index (χ1v) is 6.54. The molecule has 0 bridgehead atoms. The monoisotopic (exact) mass is 236 g/mol. The summed E-state index contributed by atoms with van der Waals surface area (Å²) in [5, 5.41) is 7.49. The van der Waals surface area contributed by atoms with Crippen LogP contribution in [0.5, 0.6) is 0 Å². The van der Waals surface area contributed by atoms with Crippen LogP contribution in [0, 0.1) is 5.92 Å². The van der Waals surface area contributed by atoms with Crippen molar-refractivity contribution in [3.63, 3.8) is 0 Å². The molecule has 17 heavy (non-hydrogen) atoms. The number of hydrogen-bond donors (Lipinski definition) is 1. The molecule has 1 aliphatic heterocycles. The van der Waals surface area contributed by atoms with E-state index in [4.69, 9.17) is 4.52 Å². The van der Waals surface area contributed by atoms with E-state index in [0.29, 0.717) is 5.92 Å². The van der Waals surface area contributed by atoms with E-state index in [2.05, 4.69) is 34.2 Å². The normalized spacial score (nSPS) is 31.4. The third-order valence-electron chi connectivity index (χ3n) is 3.96. The molecule has 3 rings (SSSR count). The van der Waals surface area contributed by atoms with Gasteiger partial charge in [-0.2, -0.15) is 4.98 Å². The van der Waals surface area contributed by atoms with Gasteiger partial charge in [-0.15, -0.1) is 0 Å². The molecule has 94 valence electrons. The summed E-state index contributed by atoms with van der Waals surface area (Å²) in [5.74, 6) is 2.93. The molecular weight excluding hydrogens is 216 g/mol. The van der Waals surface area contributed by atoms with Gasteiger partial charge in [0, 0.05) is 32.1 Å². The van der Waals surface area contributed by atoms with Crippen LogP contribution in [0.4, 0.5) is 0 Å². The van der Waals surface area contributed by atoms with Gasteiger partial charge in [-0.1, -0.05) is 12.1 Å². The Bertz CT molecular complexity index is 386. The third kappa shape index (κ3) is 2.21. The lowest BCUT2D eigenvalue weighted by atomic mass is 10.2. The van der Waals surface area contributed by atoms with Crippen LogP contribution in [0.25, 0.3) is 0 Å². The van der Waals surface area contributed by atoms with Crippen LogP contribution in [0.15, 0.2) is 4.52 Å². The molecule has 1 saturated heterocycles. The van der Waals surface area contributed by atoms with Crippen molar-refractivity contribution in [3.8, 4) is 0 Å². The molecule has 1 aromatic rings. The average molecular weight is 236 g/mol. The first kappa shape index (κ1) is 11.2. The van der Waals surface area contributed by atoms with E-state index in [1.54, 1.807) is 0 Å². The molecule has 3 atom stereocenters. The maximum Gasteiger partial charge on any atom is 0.230 e. The summed E-state index contributed by atoms with van der Waals surface area (Å²) in [6, 6.07) is 0.267. The molecule has 0 aromatic carbocycles. The second kappa shape index (κ2) is 4.38. The van der Waals surface area contributed by atoms with Crippen molar-refractivity contribution in [1.29, 1.82) is 0 Å². The molecule has 3 unspecified atom stereocenters. The first-order valence-electron chi connectivity index (χ1n) is 6.54. The predicted molar refractivity (Wildman–Crippen MR) is 63.7 cm³/mol. The van der Waals surface area contributed by atoms with Crippen molar-refractivity contribution in [2.45, 2.75) is 32.2 Å². The Kier molecular flexibility index (Phi) is 2.88. The van der Waals surface area contributed by atoms with E-state index in [9.17, 15) is 0 Å². The molecule has 2 heterocycles. The van der Waals surface area contributed by atoms with Crippen LogP contribution < -0.4 is 5.32 Å². The summed E-state index contributed by atoms with van der Waals surface area (Å²) >= 11 is 0. The first-order chi connectivity index (χ1) is 8.25. The van der Waals surface area contributed by atoms with Crippen molar-refractivity contribution in [3.05, 3.63) is 11.7 Å². The molecule has 0 radical (unpaired) electrons. The van der Waals surface area contributed by atoms with Crippen molar-refractivity contribution in [1.82, 2.24) is 20.4 Å². The standard InChI is InChI=1S/C12H20N4O/c1-8-7-10(8)12-14-11(15-17-12)9(2)16-5-3-13-4-6-16/h8-10,13H,3-7H2,1-2H3. The average Bonchev–Trinajstić information content (AvgIpc) is 2.92. The van der Waals surface area contributed by atoms with Crippen LogP contribution in [-0.2, 0) is 0 Å². The highest BCUT2D eigenvalue weighted by Crippen LogP contribution is 2.46. The van der Waals surface area contributed by atoms with Gasteiger partial charge >= 0.3 is 0 Å². The smallest absolute Gasteiger partial charge is 0.230 e. The fourth-order valence-corrected chi connectivity index (χ4v) is 2.47. The highest BCUT2D eigenvalue weighted by atomic mass is 16.5. The zero-order valence-corrected chi connectivity index (χ0v) is 10.5. The van der Waals surface area contributed by atoms with E-state index < -0.39 is 0 Å². The molecule has 0 amide bonds. The van der Waals surface area contributed by atoms with Crippen molar-refractivity contribution in [2.75, 3.05) is 26.2 Å². The highest BCUT2D eigenvalue weighted by molar-refractivity contribution is 5.07. The predicted octanol–water partition coefficient (Wildman–Crippen LogP) is 1.16. The quantitative estimate of drug-likeness (QED) is 0.853. The number of aromatic nitrogens is 2. The van der Waals surface area contributed by atoms with Gasteiger partial charge in [0.05, 0.1) is 6.04 Å². The summed E-state index contributed by atoms with van der Waals surface area (Å²) in [6.45, 7) is 8.61. The van der Waals surface area contributed by atoms with Crippen molar-refractivity contribution in [2.24, 2.45) is 5.92 Å². The van der Waals surface area contributed by atoms with E-state index in [0.717, 1.165) is 43.8 Å². The molecular formula is C12H20N4O. The lowest BCUT2D eigenvalue weighted by Crippen LogP contribution is -2.44. The maximum absolute atomic E-state index is 5.37. The SMILES string of the molecule is CC1CC1c1nc(C(C)N2CCNCC2)no1. The molecule has 5 nitrogen and oxygen atoms in total. The van der Waals surface area contributed by atoms with Crippen molar-refractivity contribution < 1.29 is 4.52 Å². The molecule has 1 N–H and O–H groups in total. The lowest BCUT2D eigenvalue weighted by molar-refractivity contribution is 0.176. The summed E-state index contributed by atoms with van der Waals surface area (Å²) in [7, 11) is 0. The zero-order valence-electron chi connectivity index (χ0n) is 10.5. The van der Waals surface area contributed by atoms with Crippen LogP contribution in [0.3, 0.4) is 0 Å². The third-order valence-corrected chi connectivity index (χ3v) is 3.96. The second-order valence-corrected chi connectivity index (χ2v) is 5.27. The molecule has 2 fully saturated rings. The van der Waals surface area contributed by atoms with Crippen molar-refractivity contribution >= 4 is 0 Å². The zero-order chi connectivity index (χ0) is 11.8. The number of hydrogen-bond acceptors (Lipinski definition) is 5. The van der Waals surface area contributed by atoms with Gasteiger partial charge in [0.1, 0.15) is 0 Å². The molecule has 0 spiro atoms. The highest BCUT2D eigenvalue weighted by Gasteiger charge is 2.39. The Labute approximate surface area is 102 Å². The Morgan fingerprint density at radius 3 is 2.76 bits per heavy atom. The Balaban J connectivity index is 1.68. The number of nitrogens with zero attached hydrogens (tertiary/aromatic N) is 3. The largest absolute Gasteiger partial charge is 0.339 e. The summed E-state index contributed by atoms with van der Waals surface area (Å²) in [5.41, 5.74) is 0. The maximum atomic E-state index is 5.37. The fraction of sp³-hybridized carbons (Fsp3) is 0.833. The minimum absolute atomic E-state index is 0.267. The van der Waals surface area contributed by atoms with E-state index in [1.807, 2.05) is 0 Å². The van der Waals surface area contributed by atoms with Crippen LogP contribution >= 0.6 is 0 Å². The molecule has 1 aromatic heterocycles. The fourth-order valence-electron chi connectivity index (χ4n) is 2.47. The molecule has 1 saturated carbocycles. The van der Waals surface area contributed by atoms with E-state index >= 15 is 0 Å². The van der Waals surface area contributed by atoms with Crippen LogP contribution in [0.1, 0.15) is 43.9 Å². The topological polar surface area (TPSA) is 54.2 Å². The van der Waals surface area contributed by atoms with Gasteiger partial charge in [0.15, 0.2) is 5.82 Å². The molecule has 5 heteroatoms. The van der Waals surface area contributed by atoms with Gasteiger partial charge in [0.25, 0.3) is 0 Å². The number of nitrogens with one attached hydrogen (secondary N) is 1. The minimum atomic E-state index is 0.267. The van der Waals surface area contributed by atoms with Crippen LogP contribution in [-0.4, -0.2) is 41.2 Å². The lowest BCUT2D eigenvalue weighted by Gasteiger charge is -2.30. The Hall–Kier alpha value is -0.940. The Morgan fingerprint density at radius 2 is 2.12 bits per heavy atom. The van der Waals surface area contributed by atoms with E-state index in [1.165, 1.54) is 6.42 Å². The van der Waals surface area contributed by atoms with Gasteiger partial charge < -0.3 is 9.84 Å². The molecule has 1 aliphatic carbocycles. The van der Waals surface area contributed by atoms with Gasteiger partial charge in [-0.3, -0.25) is 4.90 Å². The van der Waals surface area contributed by atoms with Gasteiger partial charge in [-0.05, 0) is 19.3 Å².